The van der Waals surface area contributed by atoms with Gasteiger partial charge in [0.15, 0.2) is 5.65 Å². The van der Waals surface area contributed by atoms with E-state index < -0.39 is 15.6 Å². The van der Waals surface area contributed by atoms with Crippen LogP contribution in [0.4, 0.5) is 11.6 Å². The molecule has 0 saturated carbocycles. The Morgan fingerprint density at radius 3 is 2.45 bits per heavy atom. The standard InChI is InChI=1S/C28H34N6O3S/c1-28(2,3)32-38(35,36)24-9-6-8-21(20-24)25-10-7-11-26-30-27(31-34(25)26)29-22-12-14-23(15-13-22)37-19-18-33-16-4-5-17-33/h6-15,20,32H,4-5,16-19H2,1-3H3,(H,29,31). The fourth-order valence-electron chi connectivity index (χ4n) is 4.52. The Morgan fingerprint density at radius 2 is 1.71 bits per heavy atom. The number of sulfonamides is 1. The number of rotatable bonds is 9. The monoisotopic (exact) mass is 534 g/mol. The van der Waals surface area contributed by atoms with E-state index in [1.165, 1.54) is 25.9 Å². The molecule has 1 aliphatic heterocycles. The van der Waals surface area contributed by atoms with Crippen LogP contribution >= 0.6 is 0 Å². The zero-order chi connectivity index (χ0) is 26.8. The van der Waals surface area contributed by atoms with Crippen molar-refractivity contribution in [3.05, 3.63) is 66.7 Å². The van der Waals surface area contributed by atoms with Gasteiger partial charge in [-0.05, 0) is 95.2 Å². The Labute approximate surface area is 223 Å². The third-order valence-electron chi connectivity index (χ3n) is 6.23. The van der Waals surface area contributed by atoms with Gasteiger partial charge in [-0.1, -0.05) is 18.2 Å². The molecule has 0 spiro atoms. The molecular formula is C28H34N6O3S. The first-order chi connectivity index (χ1) is 18.2. The number of aromatic nitrogens is 3. The lowest BCUT2D eigenvalue weighted by Gasteiger charge is -2.20. The number of hydrogen-bond donors (Lipinski definition) is 2. The maximum absolute atomic E-state index is 12.9. The second-order valence-corrected chi connectivity index (χ2v) is 12.2. The third-order valence-corrected chi connectivity index (χ3v) is 7.98. The van der Waals surface area contributed by atoms with E-state index in [2.05, 4.69) is 25.0 Å². The highest BCUT2D eigenvalue weighted by molar-refractivity contribution is 7.89. The molecule has 1 saturated heterocycles. The Morgan fingerprint density at radius 1 is 0.974 bits per heavy atom. The normalized spacial score (nSPS) is 14.7. The van der Waals surface area contributed by atoms with E-state index in [9.17, 15) is 8.42 Å². The Bertz CT molecular complexity index is 1500. The zero-order valence-electron chi connectivity index (χ0n) is 22.0. The molecule has 3 heterocycles. The van der Waals surface area contributed by atoms with Gasteiger partial charge in [-0.3, -0.25) is 4.90 Å². The Kier molecular flexibility index (Phi) is 7.38. The zero-order valence-corrected chi connectivity index (χ0v) is 22.8. The lowest BCUT2D eigenvalue weighted by molar-refractivity contribution is 0.238. The minimum absolute atomic E-state index is 0.197. The maximum Gasteiger partial charge on any atom is 0.247 e. The second kappa shape index (κ2) is 10.7. The smallest absolute Gasteiger partial charge is 0.247 e. The quantitative estimate of drug-likeness (QED) is 0.321. The number of fused-ring (bicyclic) bond motifs is 1. The average Bonchev–Trinajstić information content (AvgIpc) is 3.53. The van der Waals surface area contributed by atoms with Gasteiger partial charge in [0.2, 0.25) is 16.0 Å². The molecule has 200 valence electrons. The van der Waals surface area contributed by atoms with Crippen LogP contribution in [0, 0.1) is 0 Å². The molecule has 2 N–H and O–H groups in total. The molecule has 0 radical (unpaired) electrons. The highest BCUT2D eigenvalue weighted by atomic mass is 32.2. The Balaban J connectivity index is 1.31. The van der Waals surface area contributed by atoms with Gasteiger partial charge in [0.25, 0.3) is 0 Å². The first-order valence-electron chi connectivity index (χ1n) is 12.9. The van der Waals surface area contributed by atoms with Crippen molar-refractivity contribution in [1.29, 1.82) is 0 Å². The van der Waals surface area contributed by atoms with Crippen LogP contribution in [-0.2, 0) is 10.0 Å². The predicted octanol–water partition coefficient (Wildman–Crippen LogP) is 4.69. The van der Waals surface area contributed by atoms with Crippen LogP contribution in [0.1, 0.15) is 33.6 Å². The fourth-order valence-corrected chi connectivity index (χ4v) is 5.99. The van der Waals surface area contributed by atoms with Gasteiger partial charge in [0.05, 0.1) is 10.6 Å². The van der Waals surface area contributed by atoms with Gasteiger partial charge < -0.3 is 10.1 Å². The highest BCUT2D eigenvalue weighted by Gasteiger charge is 2.22. The van der Waals surface area contributed by atoms with E-state index in [0.717, 1.165) is 29.2 Å². The molecule has 2 aromatic heterocycles. The second-order valence-electron chi connectivity index (χ2n) is 10.5. The van der Waals surface area contributed by atoms with Gasteiger partial charge in [-0.2, -0.15) is 4.98 Å². The summed E-state index contributed by atoms with van der Waals surface area (Å²) in [7, 11) is -3.67. The van der Waals surface area contributed by atoms with Crippen molar-refractivity contribution in [3.8, 4) is 17.0 Å². The third kappa shape index (κ3) is 6.32. The van der Waals surface area contributed by atoms with Crippen molar-refractivity contribution in [2.45, 2.75) is 44.0 Å². The van der Waals surface area contributed by atoms with Crippen LogP contribution in [0.3, 0.4) is 0 Å². The lowest BCUT2D eigenvalue weighted by atomic mass is 10.1. The summed E-state index contributed by atoms with van der Waals surface area (Å²) in [5.74, 6) is 1.27. The van der Waals surface area contributed by atoms with E-state index in [0.29, 0.717) is 18.2 Å². The van der Waals surface area contributed by atoms with Gasteiger partial charge >= 0.3 is 0 Å². The molecule has 4 aromatic rings. The average molecular weight is 535 g/mol. The van der Waals surface area contributed by atoms with Crippen molar-refractivity contribution < 1.29 is 13.2 Å². The van der Waals surface area contributed by atoms with Crippen molar-refractivity contribution in [3.63, 3.8) is 0 Å². The number of likely N-dealkylation sites (tertiary alicyclic amines) is 1. The fraction of sp³-hybridized carbons (Fsp3) is 0.357. The summed E-state index contributed by atoms with van der Waals surface area (Å²) in [6.45, 7) is 9.41. The van der Waals surface area contributed by atoms with E-state index >= 15 is 0 Å². The van der Waals surface area contributed by atoms with Crippen LogP contribution < -0.4 is 14.8 Å². The number of pyridine rings is 1. The van der Waals surface area contributed by atoms with Crippen molar-refractivity contribution in [2.24, 2.45) is 0 Å². The Hall–Kier alpha value is -3.47. The molecule has 38 heavy (non-hydrogen) atoms. The van der Waals surface area contributed by atoms with Gasteiger partial charge in [0, 0.05) is 23.3 Å². The molecule has 0 bridgehead atoms. The molecule has 1 aliphatic rings. The van der Waals surface area contributed by atoms with Crippen LogP contribution in [0.5, 0.6) is 5.75 Å². The predicted molar refractivity (Wildman–Crippen MR) is 149 cm³/mol. The minimum atomic E-state index is -3.67. The molecule has 9 nitrogen and oxygen atoms in total. The number of anilines is 2. The SMILES string of the molecule is CC(C)(C)NS(=O)(=O)c1cccc(-c2cccc3nc(Nc4ccc(OCCN5CCCC5)cc4)nn23)c1. The highest BCUT2D eigenvalue weighted by Crippen LogP contribution is 2.25. The topological polar surface area (TPSA) is 101 Å². The molecule has 0 amide bonds. The number of nitrogens with one attached hydrogen (secondary N) is 2. The summed E-state index contributed by atoms with van der Waals surface area (Å²) in [6.07, 6.45) is 2.56. The van der Waals surface area contributed by atoms with E-state index in [1.807, 2.05) is 69.3 Å². The lowest BCUT2D eigenvalue weighted by Crippen LogP contribution is -2.40. The molecular weight excluding hydrogens is 500 g/mol. The summed E-state index contributed by atoms with van der Waals surface area (Å²) in [4.78, 5) is 7.23. The molecule has 0 aliphatic carbocycles. The summed E-state index contributed by atoms with van der Waals surface area (Å²) in [5, 5.41) is 7.89. The summed E-state index contributed by atoms with van der Waals surface area (Å²) < 4.78 is 36.1. The summed E-state index contributed by atoms with van der Waals surface area (Å²) in [5.41, 5.74) is 2.36. The van der Waals surface area contributed by atoms with Crippen LogP contribution in [0.2, 0.25) is 0 Å². The molecule has 0 unspecified atom stereocenters. The molecule has 2 aromatic carbocycles. The van der Waals surface area contributed by atoms with E-state index in [-0.39, 0.29) is 4.90 Å². The van der Waals surface area contributed by atoms with Crippen LogP contribution in [0.15, 0.2) is 71.6 Å². The molecule has 10 heteroatoms. The van der Waals surface area contributed by atoms with E-state index in [1.54, 1.807) is 22.7 Å². The van der Waals surface area contributed by atoms with Crippen molar-refractivity contribution in [2.75, 3.05) is 31.6 Å². The van der Waals surface area contributed by atoms with Gasteiger partial charge in [-0.15, -0.1) is 5.10 Å². The maximum atomic E-state index is 12.9. The number of benzene rings is 2. The minimum Gasteiger partial charge on any atom is -0.492 e. The van der Waals surface area contributed by atoms with Gasteiger partial charge in [0.1, 0.15) is 12.4 Å². The van der Waals surface area contributed by atoms with Crippen LogP contribution in [-0.4, -0.2) is 59.7 Å². The van der Waals surface area contributed by atoms with Gasteiger partial charge in [-0.25, -0.2) is 17.7 Å². The molecule has 1 fully saturated rings. The summed E-state index contributed by atoms with van der Waals surface area (Å²) in [6, 6.07) is 20.2. The number of nitrogens with zero attached hydrogens (tertiary/aromatic N) is 4. The van der Waals surface area contributed by atoms with Crippen molar-refractivity contribution in [1.82, 2.24) is 24.2 Å². The van der Waals surface area contributed by atoms with Crippen LogP contribution in [0.25, 0.3) is 16.9 Å². The summed E-state index contributed by atoms with van der Waals surface area (Å²) >= 11 is 0. The first-order valence-corrected chi connectivity index (χ1v) is 14.4. The molecule has 0 atom stereocenters. The van der Waals surface area contributed by atoms with E-state index in [4.69, 9.17) is 4.74 Å². The van der Waals surface area contributed by atoms with Crippen molar-refractivity contribution >= 4 is 27.3 Å². The largest absolute Gasteiger partial charge is 0.492 e. The first kappa shape index (κ1) is 26.1. The number of ether oxygens (including phenoxy) is 1. The molecule has 5 rings (SSSR count). The number of hydrogen-bond acceptors (Lipinski definition) is 7.